The Bertz CT molecular complexity index is 1170. The largest absolute Gasteiger partial charge is 0.477 e. The lowest BCUT2D eigenvalue weighted by molar-refractivity contribution is -0.162. The molecule has 2 N–H and O–H groups in total. The molecule has 3 atom stereocenters. The van der Waals surface area contributed by atoms with E-state index in [1.54, 1.807) is 6.07 Å². The van der Waals surface area contributed by atoms with Crippen LogP contribution in [-0.4, -0.2) is 63.5 Å². The first-order valence-corrected chi connectivity index (χ1v) is 13.2. The minimum absolute atomic E-state index is 0.101. The van der Waals surface area contributed by atoms with Crippen molar-refractivity contribution in [3.05, 3.63) is 29.7 Å². The number of rotatable bonds is 7. The van der Waals surface area contributed by atoms with Gasteiger partial charge in [0, 0.05) is 11.6 Å². The quantitative estimate of drug-likeness (QED) is 0.560. The Balaban J connectivity index is 1.12. The fourth-order valence-corrected chi connectivity index (χ4v) is 6.62. The van der Waals surface area contributed by atoms with Crippen molar-refractivity contribution in [2.45, 2.75) is 94.3 Å². The molecule has 9 nitrogen and oxygen atoms in total. The number of halogens is 1. The van der Waals surface area contributed by atoms with Crippen LogP contribution in [0, 0.1) is 11.7 Å². The van der Waals surface area contributed by atoms with Gasteiger partial charge < -0.3 is 29.4 Å². The third kappa shape index (κ3) is 4.86. The summed E-state index contributed by atoms with van der Waals surface area (Å²) in [6, 6.07) is 3.60. The second kappa shape index (κ2) is 9.03. The van der Waals surface area contributed by atoms with Crippen molar-refractivity contribution in [3.8, 4) is 5.88 Å². The number of nitrogens with zero attached hydrogens (tertiary/aromatic N) is 2. The first-order valence-electron chi connectivity index (χ1n) is 13.2. The van der Waals surface area contributed by atoms with Gasteiger partial charge in [-0.05, 0) is 77.2 Å². The van der Waals surface area contributed by atoms with Crippen LogP contribution in [0.3, 0.4) is 0 Å². The van der Waals surface area contributed by atoms with Crippen molar-refractivity contribution < 1.29 is 33.2 Å². The first kappa shape index (κ1) is 24.8. The molecule has 0 spiro atoms. The number of aromatic nitrogens is 2. The summed E-state index contributed by atoms with van der Waals surface area (Å²) < 4.78 is 39.2. The average molecular weight is 516 g/mol. The summed E-state index contributed by atoms with van der Waals surface area (Å²) in [6.07, 6.45) is 6.24. The number of carboxylic acid groups (broad SMARTS) is 1. The third-order valence-electron chi connectivity index (χ3n) is 8.60. The minimum atomic E-state index is -1.02. The maximum absolute atomic E-state index is 15.0. The lowest BCUT2D eigenvalue weighted by Crippen LogP contribution is -2.62. The van der Waals surface area contributed by atoms with Crippen LogP contribution in [0.1, 0.15) is 64.4 Å². The molecular formula is C27H34FN3O6. The van der Waals surface area contributed by atoms with Crippen molar-refractivity contribution in [3.63, 3.8) is 0 Å². The maximum atomic E-state index is 15.0. The molecule has 2 aliphatic carbocycles. The highest BCUT2D eigenvalue weighted by Crippen LogP contribution is 2.46. The molecule has 2 aromatic heterocycles. The molecule has 5 aliphatic rings. The summed E-state index contributed by atoms with van der Waals surface area (Å²) in [5.74, 6) is -0.144. The van der Waals surface area contributed by atoms with E-state index in [1.807, 2.05) is 19.9 Å². The van der Waals surface area contributed by atoms with Crippen LogP contribution in [0.25, 0.3) is 11.0 Å². The molecule has 5 fully saturated rings. The van der Waals surface area contributed by atoms with Crippen LogP contribution in [0.4, 0.5) is 9.18 Å². The van der Waals surface area contributed by atoms with E-state index >= 15 is 0 Å². The Morgan fingerprint density at radius 2 is 1.92 bits per heavy atom. The van der Waals surface area contributed by atoms with Gasteiger partial charge in [-0.1, -0.05) is 0 Å². The third-order valence-corrected chi connectivity index (χ3v) is 8.60. The van der Waals surface area contributed by atoms with Gasteiger partial charge in [-0.25, -0.2) is 14.2 Å². The van der Waals surface area contributed by atoms with Crippen LogP contribution in [-0.2, 0) is 20.6 Å². The van der Waals surface area contributed by atoms with E-state index in [-0.39, 0.29) is 23.6 Å². The number of amides is 1. The van der Waals surface area contributed by atoms with Crippen molar-refractivity contribution >= 4 is 17.1 Å². The molecule has 3 saturated heterocycles. The van der Waals surface area contributed by atoms with Crippen molar-refractivity contribution in [2.24, 2.45) is 5.92 Å². The predicted molar refractivity (Wildman–Crippen MR) is 131 cm³/mol. The highest BCUT2D eigenvalue weighted by Gasteiger charge is 2.50. The molecule has 1 amide bonds. The van der Waals surface area contributed by atoms with Gasteiger partial charge in [-0.3, -0.25) is 4.98 Å². The summed E-state index contributed by atoms with van der Waals surface area (Å²) in [6.45, 7) is 4.74. The second-order valence-electron chi connectivity index (χ2n) is 11.6. The highest BCUT2D eigenvalue weighted by atomic mass is 19.1. The SMILES string of the molecule is CC1(C)O[C@H]2CC(COc3ccc4ncc(F)c(CCC56CCC(NC(=O)O)(CC5)CO6)c4n3)C[C@H]2O1. The zero-order valence-corrected chi connectivity index (χ0v) is 21.3. The molecule has 2 saturated carbocycles. The molecule has 3 aliphatic heterocycles. The molecule has 1 unspecified atom stereocenters. The van der Waals surface area contributed by atoms with E-state index in [9.17, 15) is 9.18 Å². The minimum Gasteiger partial charge on any atom is -0.477 e. The number of hydrogen-bond acceptors (Lipinski definition) is 7. The van der Waals surface area contributed by atoms with Gasteiger partial charge in [0.2, 0.25) is 5.88 Å². The Morgan fingerprint density at radius 1 is 1.19 bits per heavy atom. The number of aryl methyl sites for hydroxylation is 1. The standard InChI is InChI=1S/C27H34FN3O6/c1-25(2)36-20-11-16(12-21(20)37-25)14-34-22-4-3-19-23(30-22)17(18(28)13-29-19)5-6-27-9-7-26(8-10-27,15-35-27)31-24(32)33/h3-4,13,16,20-21,31H,5-12,14-15H2,1-2H3,(H,32,33)/t16?,20-,21+,26?,27?. The number of carbonyl (C=O) groups is 1. The summed E-state index contributed by atoms with van der Waals surface area (Å²) in [7, 11) is 0. The summed E-state index contributed by atoms with van der Waals surface area (Å²) in [4.78, 5) is 20.1. The Morgan fingerprint density at radius 3 is 2.57 bits per heavy atom. The predicted octanol–water partition coefficient (Wildman–Crippen LogP) is 4.36. The zero-order valence-electron chi connectivity index (χ0n) is 21.3. The second-order valence-corrected chi connectivity index (χ2v) is 11.6. The molecule has 0 radical (unpaired) electrons. The van der Waals surface area contributed by atoms with E-state index in [2.05, 4.69) is 15.3 Å². The van der Waals surface area contributed by atoms with E-state index in [4.69, 9.17) is 24.1 Å². The molecule has 200 valence electrons. The number of hydrogen-bond donors (Lipinski definition) is 2. The molecular weight excluding hydrogens is 481 g/mol. The van der Waals surface area contributed by atoms with Crippen molar-refractivity contribution in [1.82, 2.24) is 15.3 Å². The number of ether oxygens (including phenoxy) is 4. The molecule has 10 heteroatoms. The normalized spacial score (nSPS) is 34.0. The number of pyridine rings is 2. The van der Waals surface area contributed by atoms with E-state index < -0.39 is 17.4 Å². The molecule has 2 bridgehead atoms. The molecule has 5 heterocycles. The lowest BCUT2D eigenvalue weighted by atomic mass is 9.69. The maximum Gasteiger partial charge on any atom is 0.405 e. The number of nitrogens with one attached hydrogen (secondary N) is 1. The molecule has 37 heavy (non-hydrogen) atoms. The Labute approximate surface area is 215 Å². The van der Waals surface area contributed by atoms with E-state index in [0.717, 1.165) is 38.5 Å². The molecule has 7 rings (SSSR count). The Kier molecular flexibility index (Phi) is 6.04. The topological polar surface area (TPSA) is 112 Å². The monoisotopic (exact) mass is 515 g/mol. The van der Waals surface area contributed by atoms with Gasteiger partial charge in [-0.15, -0.1) is 0 Å². The summed E-state index contributed by atoms with van der Waals surface area (Å²) in [5, 5.41) is 11.8. The smallest absolute Gasteiger partial charge is 0.405 e. The fourth-order valence-electron chi connectivity index (χ4n) is 6.62. The number of fused-ring (bicyclic) bond motifs is 5. The van der Waals surface area contributed by atoms with Gasteiger partial charge in [-0.2, -0.15) is 0 Å². The Hall–Kier alpha value is -2.56. The van der Waals surface area contributed by atoms with Gasteiger partial charge in [0.1, 0.15) is 5.82 Å². The van der Waals surface area contributed by atoms with E-state index in [0.29, 0.717) is 54.5 Å². The van der Waals surface area contributed by atoms with Gasteiger partial charge in [0.25, 0.3) is 0 Å². The summed E-state index contributed by atoms with van der Waals surface area (Å²) >= 11 is 0. The van der Waals surface area contributed by atoms with Gasteiger partial charge >= 0.3 is 6.09 Å². The van der Waals surface area contributed by atoms with Crippen LogP contribution in [0.15, 0.2) is 18.3 Å². The zero-order chi connectivity index (χ0) is 25.8. The van der Waals surface area contributed by atoms with Crippen LogP contribution in [0.5, 0.6) is 5.88 Å². The van der Waals surface area contributed by atoms with E-state index in [1.165, 1.54) is 6.20 Å². The molecule has 2 aromatic rings. The first-order chi connectivity index (χ1) is 17.6. The fraction of sp³-hybridized carbons (Fsp3) is 0.667. The summed E-state index contributed by atoms with van der Waals surface area (Å²) in [5.41, 5.74) is 0.788. The van der Waals surface area contributed by atoms with Crippen LogP contribution >= 0.6 is 0 Å². The van der Waals surface area contributed by atoms with Crippen LogP contribution < -0.4 is 10.1 Å². The van der Waals surface area contributed by atoms with Gasteiger partial charge in [0.15, 0.2) is 5.79 Å². The van der Waals surface area contributed by atoms with Gasteiger partial charge in [0.05, 0.1) is 53.8 Å². The highest BCUT2D eigenvalue weighted by molar-refractivity contribution is 5.78. The van der Waals surface area contributed by atoms with Crippen molar-refractivity contribution in [1.29, 1.82) is 0 Å². The lowest BCUT2D eigenvalue weighted by Gasteiger charge is -2.53. The molecule has 0 aromatic carbocycles. The average Bonchev–Trinajstić information content (AvgIpc) is 3.35. The van der Waals surface area contributed by atoms with Crippen molar-refractivity contribution in [2.75, 3.05) is 13.2 Å². The van der Waals surface area contributed by atoms with Crippen LogP contribution in [0.2, 0.25) is 0 Å².